The van der Waals surface area contributed by atoms with E-state index in [1.54, 1.807) is 18.5 Å². The van der Waals surface area contributed by atoms with Gasteiger partial charge >= 0.3 is 0 Å². The zero-order valence-corrected chi connectivity index (χ0v) is 12.4. The van der Waals surface area contributed by atoms with Gasteiger partial charge in [-0.3, -0.25) is 4.90 Å². The first-order valence-corrected chi connectivity index (χ1v) is 7.24. The molecular formula is C13H15BrFN5. The van der Waals surface area contributed by atoms with Crippen LogP contribution in [0.5, 0.6) is 0 Å². The first kappa shape index (κ1) is 13.7. The lowest BCUT2D eigenvalue weighted by Gasteiger charge is -2.34. The number of rotatable bonds is 3. The van der Waals surface area contributed by atoms with Crippen LogP contribution in [0.15, 0.2) is 29.0 Å². The minimum atomic E-state index is -0.263. The predicted molar refractivity (Wildman–Crippen MR) is 76.3 cm³/mol. The SMILES string of the molecule is NCC(c1ccc(Br)c(F)c1)N1CCn2cnnc2C1. The molecule has 2 heterocycles. The fourth-order valence-corrected chi connectivity index (χ4v) is 2.81. The van der Waals surface area contributed by atoms with Crippen LogP contribution in [-0.2, 0) is 13.1 Å². The molecule has 1 atom stereocenters. The van der Waals surface area contributed by atoms with Crippen molar-refractivity contribution < 1.29 is 4.39 Å². The second-order valence-corrected chi connectivity index (χ2v) is 5.69. The summed E-state index contributed by atoms with van der Waals surface area (Å²) >= 11 is 3.17. The molecule has 20 heavy (non-hydrogen) atoms. The van der Waals surface area contributed by atoms with E-state index in [0.29, 0.717) is 17.6 Å². The molecule has 0 aliphatic carbocycles. The molecule has 1 unspecified atom stereocenters. The Balaban J connectivity index is 1.85. The average molecular weight is 340 g/mol. The Morgan fingerprint density at radius 1 is 1.40 bits per heavy atom. The first-order chi connectivity index (χ1) is 9.69. The van der Waals surface area contributed by atoms with Crippen LogP contribution in [0, 0.1) is 5.82 Å². The largest absolute Gasteiger partial charge is 0.329 e. The zero-order valence-electron chi connectivity index (χ0n) is 10.8. The summed E-state index contributed by atoms with van der Waals surface area (Å²) in [7, 11) is 0. The highest BCUT2D eigenvalue weighted by atomic mass is 79.9. The molecule has 1 aromatic carbocycles. The molecule has 7 heteroatoms. The van der Waals surface area contributed by atoms with Gasteiger partial charge < -0.3 is 10.3 Å². The van der Waals surface area contributed by atoms with Crippen LogP contribution in [0.2, 0.25) is 0 Å². The first-order valence-electron chi connectivity index (χ1n) is 6.45. The van der Waals surface area contributed by atoms with E-state index in [4.69, 9.17) is 5.73 Å². The molecule has 0 amide bonds. The molecule has 0 bridgehead atoms. The summed E-state index contributed by atoms with van der Waals surface area (Å²) in [5, 5.41) is 8.01. The standard InChI is InChI=1S/C13H15BrFN5/c14-10-2-1-9(5-11(10)15)12(6-16)19-3-4-20-8-17-18-13(20)7-19/h1-2,5,8,12H,3-4,6-7,16H2. The Morgan fingerprint density at radius 3 is 3.00 bits per heavy atom. The van der Waals surface area contributed by atoms with Gasteiger partial charge in [-0.1, -0.05) is 6.07 Å². The van der Waals surface area contributed by atoms with Gasteiger partial charge in [-0.25, -0.2) is 4.39 Å². The van der Waals surface area contributed by atoms with Gasteiger partial charge in [-0.2, -0.15) is 0 Å². The zero-order chi connectivity index (χ0) is 14.1. The number of fused-ring (bicyclic) bond motifs is 1. The van der Waals surface area contributed by atoms with Gasteiger partial charge in [0.2, 0.25) is 0 Å². The normalized spacial score (nSPS) is 16.9. The molecule has 2 aromatic rings. The lowest BCUT2D eigenvalue weighted by atomic mass is 10.0. The quantitative estimate of drug-likeness (QED) is 0.924. The van der Waals surface area contributed by atoms with Crippen molar-refractivity contribution in [2.75, 3.05) is 13.1 Å². The molecule has 106 valence electrons. The molecule has 3 rings (SSSR count). The monoisotopic (exact) mass is 339 g/mol. The number of benzene rings is 1. The molecule has 0 saturated heterocycles. The lowest BCUT2D eigenvalue weighted by Crippen LogP contribution is -2.39. The van der Waals surface area contributed by atoms with Crippen LogP contribution in [0.1, 0.15) is 17.4 Å². The number of aromatic nitrogens is 3. The molecule has 0 radical (unpaired) electrons. The summed E-state index contributed by atoms with van der Waals surface area (Å²) in [5.74, 6) is 0.661. The summed E-state index contributed by atoms with van der Waals surface area (Å²) < 4.78 is 16.2. The van der Waals surface area contributed by atoms with E-state index in [1.807, 2.05) is 10.6 Å². The van der Waals surface area contributed by atoms with Gasteiger partial charge in [-0.15, -0.1) is 10.2 Å². The molecule has 0 fully saturated rings. The van der Waals surface area contributed by atoms with E-state index < -0.39 is 0 Å². The van der Waals surface area contributed by atoms with Crippen molar-refractivity contribution >= 4 is 15.9 Å². The van der Waals surface area contributed by atoms with Crippen LogP contribution < -0.4 is 5.73 Å². The Labute approximate surface area is 124 Å². The second-order valence-electron chi connectivity index (χ2n) is 4.84. The van der Waals surface area contributed by atoms with Crippen molar-refractivity contribution in [3.8, 4) is 0 Å². The summed E-state index contributed by atoms with van der Waals surface area (Å²) in [6.07, 6.45) is 1.74. The average Bonchev–Trinajstić information content (AvgIpc) is 2.91. The van der Waals surface area contributed by atoms with Crippen molar-refractivity contribution in [1.29, 1.82) is 0 Å². The van der Waals surface area contributed by atoms with E-state index >= 15 is 0 Å². The minimum Gasteiger partial charge on any atom is -0.329 e. The van der Waals surface area contributed by atoms with Gasteiger partial charge in [0.25, 0.3) is 0 Å². The molecule has 1 aromatic heterocycles. The van der Waals surface area contributed by atoms with E-state index in [9.17, 15) is 4.39 Å². The van der Waals surface area contributed by atoms with Crippen molar-refractivity contribution in [3.05, 3.63) is 46.2 Å². The van der Waals surface area contributed by atoms with Gasteiger partial charge in [0.1, 0.15) is 18.0 Å². The second kappa shape index (κ2) is 5.59. The number of hydrogen-bond acceptors (Lipinski definition) is 4. The van der Waals surface area contributed by atoms with Gasteiger partial charge in [0.15, 0.2) is 0 Å². The fourth-order valence-electron chi connectivity index (χ4n) is 2.57. The van der Waals surface area contributed by atoms with E-state index in [2.05, 4.69) is 31.0 Å². The van der Waals surface area contributed by atoms with Gasteiger partial charge in [-0.05, 0) is 33.6 Å². The third-order valence-corrected chi connectivity index (χ3v) is 4.30. The fraction of sp³-hybridized carbons (Fsp3) is 0.385. The maximum atomic E-state index is 13.7. The summed E-state index contributed by atoms with van der Waals surface area (Å²) in [6, 6.07) is 5.16. The highest BCUT2D eigenvalue weighted by Crippen LogP contribution is 2.26. The smallest absolute Gasteiger partial charge is 0.147 e. The molecular weight excluding hydrogens is 325 g/mol. The maximum Gasteiger partial charge on any atom is 0.147 e. The van der Waals surface area contributed by atoms with E-state index in [0.717, 1.165) is 24.5 Å². The number of halogens is 2. The van der Waals surface area contributed by atoms with Crippen molar-refractivity contribution in [2.45, 2.75) is 19.1 Å². The van der Waals surface area contributed by atoms with Crippen molar-refractivity contribution in [3.63, 3.8) is 0 Å². The highest BCUT2D eigenvalue weighted by Gasteiger charge is 2.25. The third-order valence-electron chi connectivity index (χ3n) is 3.66. The minimum absolute atomic E-state index is 0.0111. The number of nitrogens with two attached hydrogens (primary N) is 1. The molecule has 0 saturated carbocycles. The molecule has 1 aliphatic rings. The number of nitrogens with zero attached hydrogens (tertiary/aromatic N) is 4. The van der Waals surface area contributed by atoms with Crippen LogP contribution >= 0.6 is 15.9 Å². The van der Waals surface area contributed by atoms with Crippen molar-refractivity contribution in [2.24, 2.45) is 5.73 Å². The summed E-state index contributed by atoms with van der Waals surface area (Å²) in [4.78, 5) is 2.21. The molecule has 1 aliphatic heterocycles. The number of hydrogen-bond donors (Lipinski definition) is 1. The molecule has 0 spiro atoms. The molecule has 2 N–H and O–H groups in total. The summed E-state index contributed by atoms with van der Waals surface area (Å²) in [5.41, 5.74) is 6.79. The Bertz CT molecular complexity index is 615. The van der Waals surface area contributed by atoms with Crippen LogP contribution in [0.25, 0.3) is 0 Å². The lowest BCUT2D eigenvalue weighted by molar-refractivity contribution is 0.156. The Kier molecular flexibility index (Phi) is 3.82. The van der Waals surface area contributed by atoms with Gasteiger partial charge in [0, 0.05) is 25.7 Å². The van der Waals surface area contributed by atoms with E-state index in [-0.39, 0.29) is 11.9 Å². The van der Waals surface area contributed by atoms with Crippen LogP contribution in [-0.4, -0.2) is 32.8 Å². The molecule has 5 nitrogen and oxygen atoms in total. The van der Waals surface area contributed by atoms with Crippen LogP contribution in [0.3, 0.4) is 0 Å². The van der Waals surface area contributed by atoms with Crippen molar-refractivity contribution in [1.82, 2.24) is 19.7 Å². The summed E-state index contributed by atoms with van der Waals surface area (Å²) in [6.45, 7) is 2.80. The van der Waals surface area contributed by atoms with Crippen LogP contribution in [0.4, 0.5) is 4.39 Å². The van der Waals surface area contributed by atoms with E-state index in [1.165, 1.54) is 0 Å². The highest BCUT2D eigenvalue weighted by molar-refractivity contribution is 9.10. The predicted octanol–water partition coefficient (Wildman–Crippen LogP) is 1.70. The maximum absolute atomic E-state index is 13.7. The topological polar surface area (TPSA) is 60.0 Å². The Hall–Kier alpha value is -1.31. The van der Waals surface area contributed by atoms with Gasteiger partial charge in [0.05, 0.1) is 11.0 Å². The third kappa shape index (κ3) is 2.48. The Morgan fingerprint density at radius 2 is 2.25 bits per heavy atom.